The third kappa shape index (κ3) is 4.42. The average Bonchev–Trinajstić information content (AvgIpc) is 3.01. The Balaban J connectivity index is 1.38. The predicted molar refractivity (Wildman–Crippen MR) is 120 cm³/mol. The molecule has 0 saturated carbocycles. The van der Waals surface area contributed by atoms with E-state index >= 15 is 0 Å². The van der Waals surface area contributed by atoms with E-state index in [-0.39, 0.29) is 29.7 Å². The Kier molecular flexibility index (Phi) is 5.69. The van der Waals surface area contributed by atoms with Crippen LogP contribution in [0.15, 0.2) is 72.3 Å². The number of Topliss-reactive ketones (excluding diaryl/α,β-unsaturated/α-hetero) is 2. The van der Waals surface area contributed by atoms with Crippen LogP contribution in [-0.2, 0) is 4.79 Å². The number of hydrogen-bond donors (Lipinski definition) is 1. The molecule has 1 aliphatic rings. The van der Waals surface area contributed by atoms with Gasteiger partial charge in [-0.3, -0.25) is 14.4 Å². The summed E-state index contributed by atoms with van der Waals surface area (Å²) < 4.78 is 5.51. The summed E-state index contributed by atoms with van der Waals surface area (Å²) in [4.78, 5) is 37.1. The van der Waals surface area contributed by atoms with Crippen LogP contribution in [-0.4, -0.2) is 24.1 Å². The van der Waals surface area contributed by atoms with E-state index in [0.717, 1.165) is 5.56 Å². The van der Waals surface area contributed by atoms with Gasteiger partial charge in [0.05, 0.1) is 5.57 Å². The number of fused-ring (bicyclic) bond motifs is 1. The van der Waals surface area contributed by atoms with Crippen molar-refractivity contribution < 1.29 is 19.1 Å². The minimum Gasteiger partial charge on any atom is -0.484 e. The van der Waals surface area contributed by atoms with Crippen molar-refractivity contribution in [3.05, 3.63) is 99.6 Å². The van der Waals surface area contributed by atoms with E-state index in [0.29, 0.717) is 33.1 Å². The largest absolute Gasteiger partial charge is 0.484 e. The number of ether oxygens (including phenoxy) is 1. The summed E-state index contributed by atoms with van der Waals surface area (Å²) in [5, 5.41) is 3.30. The number of hydrogen-bond acceptors (Lipinski definition) is 4. The first-order chi connectivity index (χ1) is 14.9. The van der Waals surface area contributed by atoms with Crippen LogP contribution in [0.2, 0.25) is 5.02 Å². The molecule has 31 heavy (non-hydrogen) atoms. The zero-order valence-corrected chi connectivity index (χ0v) is 17.4. The molecule has 0 aliphatic heterocycles. The zero-order chi connectivity index (χ0) is 22.0. The molecule has 5 nitrogen and oxygen atoms in total. The molecule has 0 radical (unpaired) electrons. The SMILES string of the molecule is Cc1ccc(NC(=O)COc2ccc(C=C3C(=O)c4ccccc4C3=O)cc2)cc1Cl. The van der Waals surface area contributed by atoms with Crippen LogP contribution >= 0.6 is 11.6 Å². The van der Waals surface area contributed by atoms with Crippen molar-refractivity contribution in [1.82, 2.24) is 0 Å². The molecular formula is C25H18ClNO4. The fraction of sp³-hybridized carbons (Fsp3) is 0.0800. The van der Waals surface area contributed by atoms with Crippen molar-refractivity contribution in [2.75, 3.05) is 11.9 Å². The smallest absolute Gasteiger partial charge is 0.262 e. The second-order valence-corrected chi connectivity index (χ2v) is 7.54. The van der Waals surface area contributed by atoms with Crippen LogP contribution in [0.4, 0.5) is 5.69 Å². The van der Waals surface area contributed by atoms with Gasteiger partial charge in [0.15, 0.2) is 18.2 Å². The molecule has 0 heterocycles. The van der Waals surface area contributed by atoms with E-state index in [1.165, 1.54) is 0 Å². The maximum Gasteiger partial charge on any atom is 0.262 e. The Hall–Kier alpha value is -3.70. The number of nitrogens with one attached hydrogen (secondary N) is 1. The second-order valence-electron chi connectivity index (χ2n) is 7.13. The fourth-order valence-corrected chi connectivity index (χ4v) is 3.43. The molecule has 0 fully saturated rings. The van der Waals surface area contributed by atoms with Crippen molar-refractivity contribution in [2.45, 2.75) is 6.92 Å². The maximum absolute atomic E-state index is 12.5. The Morgan fingerprint density at radius 2 is 1.61 bits per heavy atom. The number of anilines is 1. The quantitative estimate of drug-likeness (QED) is 0.449. The molecule has 0 unspecified atom stereocenters. The second kappa shape index (κ2) is 8.58. The standard InChI is InChI=1S/C25H18ClNO4/c1-15-6-9-17(13-22(15)26)27-23(28)14-31-18-10-7-16(8-11-18)12-21-24(29)19-4-2-3-5-20(19)25(21)30/h2-13H,14H2,1H3,(H,27,28). The minimum absolute atomic E-state index is 0.144. The number of carbonyl (C=O) groups excluding carboxylic acids is 3. The first-order valence-corrected chi connectivity index (χ1v) is 9.99. The Morgan fingerprint density at radius 1 is 0.968 bits per heavy atom. The highest BCUT2D eigenvalue weighted by atomic mass is 35.5. The van der Waals surface area contributed by atoms with Gasteiger partial charge in [-0.05, 0) is 48.4 Å². The first-order valence-electron chi connectivity index (χ1n) is 9.61. The normalized spacial score (nSPS) is 12.5. The van der Waals surface area contributed by atoms with Gasteiger partial charge in [-0.25, -0.2) is 0 Å². The van der Waals surface area contributed by atoms with E-state index < -0.39 is 0 Å². The van der Waals surface area contributed by atoms with E-state index in [9.17, 15) is 14.4 Å². The lowest BCUT2D eigenvalue weighted by Crippen LogP contribution is -2.20. The van der Waals surface area contributed by atoms with E-state index in [4.69, 9.17) is 16.3 Å². The van der Waals surface area contributed by atoms with E-state index in [1.807, 2.05) is 13.0 Å². The monoisotopic (exact) mass is 431 g/mol. The maximum atomic E-state index is 12.5. The number of aryl methyl sites for hydroxylation is 1. The summed E-state index contributed by atoms with van der Waals surface area (Å²) in [5.41, 5.74) is 3.22. The van der Waals surface area contributed by atoms with Crippen LogP contribution < -0.4 is 10.1 Å². The van der Waals surface area contributed by atoms with Gasteiger partial charge in [-0.15, -0.1) is 0 Å². The fourth-order valence-electron chi connectivity index (χ4n) is 3.25. The summed E-state index contributed by atoms with van der Waals surface area (Å²) >= 11 is 6.06. The van der Waals surface area contributed by atoms with Crippen molar-refractivity contribution in [1.29, 1.82) is 0 Å². The Morgan fingerprint density at radius 3 is 2.23 bits per heavy atom. The topological polar surface area (TPSA) is 72.5 Å². The van der Waals surface area contributed by atoms with Crippen molar-refractivity contribution in [2.24, 2.45) is 0 Å². The van der Waals surface area contributed by atoms with Gasteiger partial charge >= 0.3 is 0 Å². The van der Waals surface area contributed by atoms with Crippen molar-refractivity contribution in [3.8, 4) is 5.75 Å². The molecule has 4 rings (SSSR count). The molecule has 1 aliphatic carbocycles. The minimum atomic E-state index is -0.314. The van der Waals surface area contributed by atoms with Gasteiger partial charge < -0.3 is 10.1 Å². The molecule has 1 amide bonds. The molecule has 3 aromatic rings. The molecule has 0 spiro atoms. The molecule has 6 heteroatoms. The lowest BCUT2D eigenvalue weighted by molar-refractivity contribution is -0.118. The summed E-state index contributed by atoms with van der Waals surface area (Å²) in [6.45, 7) is 1.71. The van der Waals surface area contributed by atoms with Crippen LogP contribution in [0, 0.1) is 6.92 Å². The third-order valence-electron chi connectivity index (χ3n) is 4.92. The van der Waals surface area contributed by atoms with Gasteiger partial charge in [-0.2, -0.15) is 0 Å². The summed E-state index contributed by atoms with van der Waals surface area (Å²) in [7, 11) is 0. The highest BCUT2D eigenvalue weighted by Gasteiger charge is 2.32. The highest BCUT2D eigenvalue weighted by molar-refractivity contribution is 6.41. The number of carbonyl (C=O) groups is 3. The number of rotatable bonds is 5. The van der Waals surface area contributed by atoms with Crippen LogP contribution in [0.25, 0.3) is 6.08 Å². The Bertz CT molecular complexity index is 1190. The first kappa shape index (κ1) is 20.6. The molecule has 0 aromatic heterocycles. The summed E-state index contributed by atoms with van der Waals surface area (Å²) in [6.07, 6.45) is 1.57. The van der Waals surface area contributed by atoms with Crippen molar-refractivity contribution >= 4 is 40.8 Å². The number of allylic oxidation sites excluding steroid dienone is 1. The number of benzene rings is 3. The number of amides is 1. The van der Waals surface area contributed by atoms with Gasteiger partial charge in [0.1, 0.15) is 5.75 Å². The van der Waals surface area contributed by atoms with Crippen LogP contribution in [0.1, 0.15) is 31.8 Å². The number of ketones is 2. The van der Waals surface area contributed by atoms with Gasteiger partial charge in [0.25, 0.3) is 5.91 Å². The molecule has 1 N–H and O–H groups in total. The molecule has 154 valence electrons. The summed E-state index contributed by atoms with van der Waals surface area (Å²) in [5.74, 6) is -0.361. The lowest BCUT2D eigenvalue weighted by atomic mass is 10.1. The van der Waals surface area contributed by atoms with Crippen molar-refractivity contribution in [3.63, 3.8) is 0 Å². The zero-order valence-electron chi connectivity index (χ0n) is 16.6. The van der Waals surface area contributed by atoms with E-state index in [1.54, 1.807) is 66.7 Å². The Labute approximate surface area is 184 Å². The van der Waals surface area contributed by atoms with Gasteiger partial charge in [0, 0.05) is 21.8 Å². The molecule has 0 bridgehead atoms. The van der Waals surface area contributed by atoms with Gasteiger partial charge in [0.2, 0.25) is 0 Å². The summed E-state index contributed by atoms with van der Waals surface area (Å²) in [6, 6.07) is 18.9. The van der Waals surface area contributed by atoms with Crippen LogP contribution in [0.3, 0.4) is 0 Å². The number of halogens is 1. The average molecular weight is 432 g/mol. The lowest BCUT2D eigenvalue weighted by Gasteiger charge is -2.09. The molecule has 3 aromatic carbocycles. The molecular weight excluding hydrogens is 414 g/mol. The molecule has 0 atom stereocenters. The molecule has 0 saturated heterocycles. The van der Waals surface area contributed by atoms with Crippen LogP contribution in [0.5, 0.6) is 5.75 Å². The third-order valence-corrected chi connectivity index (χ3v) is 5.33. The van der Waals surface area contributed by atoms with E-state index in [2.05, 4.69) is 5.32 Å². The highest BCUT2D eigenvalue weighted by Crippen LogP contribution is 2.28. The predicted octanol–water partition coefficient (Wildman–Crippen LogP) is 5.13. The van der Waals surface area contributed by atoms with Gasteiger partial charge in [-0.1, -0.05) is 54.1 Å².